The highest BCUT2D eigenvalue weighted by atomic mass is 32.2. The first kappa shape index (κ1) is 37.7. The van der Waals surface area contributed by atoms with E-state index >= 15 is 0 Å². The molecule has 1 atom stereocenters. The van der Waals surface area contributed by atoms with Crippen LogP contribution in [-0.4, -0.2) is 88.1 Å². The number of hydrogen-bond acceptors (Lipinski definition) is 8. The lowest BCUT2D eigenvalue weighted by atomic mass is 9.70. The second-order valence-corrected chi connectivity index (χ2v) is 16.9. The molecule has 4 aliphatic rings. The van der Waals surface area contributed by atoms with Crippen molar-refractivity contribution in [3.63, 3.8) is 0 Å². The zero-order valence-corrected chi connectivity index (χ0v) is 33.0. The Balaban J connectivity index is 0.811. The van der Waals surface area contributed by atoms with Gasteiger partial charge >= 0.3 is 0 Å². The van der Waals surface area contributed by atoms with Gasteiger partial charge in [0.05, 0.1) is 16.7 Å². The van der Waals surface area contributed by atoms with Crippen LogP contribution in [0.2, 0.25) is 0 Å². The number of hydrogen-bond donors (Lipinski definition) is 2. The molecule has 1 aromatic heterocycles. The minimum absolute atomic E-state index is 0.0795. The van der Waals surface area contributed by atoms with Crippen molar-refractivity contribution >= 4 is 63.7 Å². The number of aromatic amines is 1. The fraction of sp³-hybridized carbons (Fsp3) is 0.409. The van der Waals surface area contributed by atoms with Crippen LogP contribution in [-0.2, 0) is 26.2 Å². The second kappa shape index (κ2) is 15.0. The highest BCUT2D eigenvalue weighted by molar-refractivity contribution is 7.99. The molecule has 11 nitrogen and oxygen atoms in total. The average Bonchev–Trinajstić information content (AvgIpc) is 3.72. The number of rotatable bonds is 11. The maximum Gasteiger partial charge on any atom is 0.263 e. The molecule has 5 amide bonds. The number of benzene rings is 3. The summed E-state index contributed by atoms with van der Waals surface area (Å²) in [6.07, 6.45) is 5.09. The van der Waals surface area contributed by atoms with Gasteiger partial charge < -0.3 is 14.8 Å². The summed E-state index contributed by atoms with van der Waals surface area (Å²) >= 11 is 1.52. The van der Waals surface area contributed by atoms with E-state index in [9.17, 15) is 28.8 Å². The number of thioether (sulfide) groups is 1. The summed E-state index contributed by atoms with van der Waals surface area (Å²) in [5, 5.41) is 3.21. The van der Waals surface area contributed by atoms with Gasteiger partial charge in [-0.1, -0.05) is 57.9 Å². The number of ketones is 1. The summed E-state index contributed by atoms with van der Waals surface area (Å²) < 4.78 is 0. The first-order chi connectivity index (χ1) is 27.0. The Kier molecular flexibility index (Phi) is 10.1. The van der Waals surface area contributed by atoms with E-state index in [0.717, 1.165) is 100 Å². The summed E-state index contributed by atoms with van der Waals surface area (Å²) in [5.74, 6) is -0.980. The molecule has 290 valence electrons. The van der Waals surface area contributed by atoms with Crippen LogP contribution in [0, 0.1) is 0 Å². The van der Waals surface area contributed by atoms with Crippen LogP contribution in [0.25, 0.3) is 10.9 Å². The Hall–Kier alpha value is -5.23. The van der Waals surface area contributed by atoms with Crippen molar-refractivity contribution in [2.24, 2.45) is 0 Å². The number of aromatic nitrogens is 1. The average molecular weight is 774 g/mol. The zero-order chi connectivity index (χ0) is 39.3. The number of nitrogens with zero attached hydrogens (tertiary/aromatic N) is 3. The van der Waals surface area contributed by atoms with Gasteiger partial charge in [-0.2, -0.15) is 0 Å². The SMILES string of the molecule is CCc1cc2c(cc1N1CCN(C(=O)CCCCCCSc3cccc4c3C(=O)N(C3CCC(=O)NC3=O)C4=O)CC1)C(C)(C)c1[nH]c3ccccc3c1C2=O. The molecule has 1 unspecified atom stereocenters. The fourth-order valence-corrected chi connectivity index (χ4v) is 9.99. The maximum absolute atomic E-state index is 14.0. The number of para-hydroxylation sites is 1. The van der Waals surface area contributed by atoms with Gasteiger partial charge in [0, 0.05) is 77.2 Å². The van der Waals surface area contributed by atoms with Gasteiger partial charge in [-0.05, 0) is 72.9 Å². The Morgan fingerprint density at radius 3 is 2.39 bits per heavy atom. The molecule has 2 saturated heterocycles. The van der Waals surface area contributed by atoms with Gasteiger partial charge in [0.25, 0.3) is 11.8 Å². The molecule has 0 bridgehead atoms. The number of imide groups is 2. The summed E-state index contributed by atoms with van der Waals surface area (Å²) in [6.45, 7) is 9.32. The summed E-state index contributed by atoms with van der Waals surface area (Å²) in [4.78, 5) is 87.4. The Bertz CT molecular complexity index is 2300. The molecular weight excluding hydrogens is 727 g/mol. The van der Waals surface area contributed by atoms with Gasteiger partial charge in [-0.25, -0.2) is 0 Å². The number of unbranched alkanes of at least 4 members (excludes halogenated alkanes) is 3. The van der Waals surface area contributed by atoms with Crippen LogP contribution in [0.3, 0.4) is 0 Å². The van der Waals surface area contributed by atoms with E-state index in [0.29, 0.717) is 35.5 Å². The fourth-order valence-electron chi connectivity index (χ4n) is 8.90. The van der Waals surface area contributed by atoms with Crippen molar-refractivity contribution in [1.82, 2.24) is 20.1 Å². The standard InChI is InChI=1S/C44H47N5O6S/c1-4-26-24-29-30(44(2,3)40-38(39(29)52)27-12-8-9-14-31(27)45-40)25-33(26)47-19-21-48(22-20-47)36(51)16-7-5-6-10-23-56-34-15-11-13-28-37(34)43(55)49(42(28)54)32-17-18-35(50)46-41(32)53/h8-9,11-15,24-25,32,45H,4-7,10,16-23H2,1-3H3,(H,46,50,53). The van der Waals surface area contributed by atoms with Crippen LogP contribution < -0.4 is 10.2 Å². The first-order valence-electron chi connectivity index (χ1n) is 19.8. The summed E-state index contributed by atoms with van der Waals surface area (Å²) in [6, 6.07) is 16.6. The van der Waals surface area contributed by atoms with Crippen LogP contribution >= 0.6 is 11.8 Å². The lowest BCUT2D eigenvalue weighted by molar-refractivity contribution is -0.136. The van der Waals surface area contributed by atoms with Crippen molar-refractivity contribution in [1.29, 1.82) is 0 Å². The molecule has 0 radical (unpaired) electrons. The van der Waals surface area contributed by atoms with Crippen LogP contribution in [0.4, 0.5) is 5.69 Å². The van der Waals surface area contributed by atoms with Crippen molar-refractivity contribution in [3.8, 4) is 0 Å². The highest BCUT2D eigenvalue weighted by Gasteiger charge is 2.46. The molecule has 2 N–H and O–H groups in total. The normalized spacial score (nSPS) is 19.0. The quantitative estimate of drug-likeness (QED) is 0.102. The molecule has 56 heavy (non-hydrogen) atoms. The van der Waals surface area contributed by atoms with Crippen LogP contribution in [0.15, 0.2) is 59.5 Å². The molecule has 0 saturated carbocycles. The van der Waals surface area contributed by atoms with Crippen molar-refractivity contribution < 1.29 is 28.8 Å². The predicted octanol–water partition coefficient (Wildman–Crippen LogP) is 6.39. The van der Waals surface area contributed by atoms with Gasteiger partial charge in [0.2, 0.25) is 17.7 Å². The van der Waals surface area contributed by atoms with E-state index in [2.05, 4.69) is 48.1 Å². The minimum Gasteiger partial charge on any atom is -0.368 e. The van der Waals surface area contributed by atoms with E-state index in [-0.39, 0.29) is 29.9 Å². The van der Waals surface area contributed by atoms with Crippen molar-refractivity contribution in [2.75, 3.05) is 36.8 Å². The number of piperidine rings is 1. The van der Waals surface area contributed by atoms with E-state index in [4.69, 9.17) is 0 Å². The molecule has 3 aliphatic heterocycles. The summed E-state index contributed by atoms with van der Waals surface area (Å²) in [5.41, 5.74) is 7.11. The van der Waals surface area contributed by atoms with Gasteiger partial charge in [0.15, 0.2) is 5.78 Å². The molecule has 0 spiro atoms. The highest BCUT2D eigenvalue weighted by Crippen LogP contribution is 2.46. The maximum atomic E-state index is 14.0. The number of nitrogens with one attached hydrogen (secondary N) is 2. The van der Waals surface area contributed by atoms with Crippen molar-refractivity contribution in [2.45, 2.75) is 88.5 Å². The number of anilines is 1. The Morgan fingerprint density at radius 2 is 1.62 bits per heavy atom. The number of amides is 5. The molecule has 2 fully saturated rings. The van der Waals surface area contributed by atoms with Gasteiger partial charge in [0.1, 0.15) is 6.04 Å². The van der Waals surface area contributed by atoms with Gasteiger partial charge in [-0.15, -0.1) is 11.8 Å². The molecule has 12 heteroatoms. The minimum atomic E-state index is -0.982. The van der Waals surface area contributed by atoms with Gasteiger partial charge in [-0.3, -0.25) is 39.0 Å². The Morgan fingerprint density at radius 1 is 0.857 bits per heavy atom. The third-order valence-corrected chi connectivity index (χ3v) is 13.2. The number of H-pyrrole nitrogens is 1. The second-order valence-electron chi connectivity index (χ2n) is 15.8. The topological polar surface area (TPSA) is 140 Å². The smallest absolute Gasteiger partial charge is 0.263 e. The molecule has 1 aliphatic carbocycles. The monoisotopic (exact) mass is 773 g/mol. The number of aryl methyl sites for hydroxylation is 1. The zero-order valence-electron chi connectivity index (χ0n) is 32.2. The van der Waals surface area contributed by atoms with E-state index in [1.54, 1.807) is 12.1 Å². The van der Waals surface area contributed by atoms with Crippen molar-refractivity contribution in [3.05, 3.63) is 93.7 Å². The lowest BCUT2D eigenvalue weighted by Gasteiger charge is -2.39. The summed E-state index contributed by atoms with van der Waals surface area (Å²) in [7, 11) is 0. The predicted molar refractivity (Wildman–Crippen MR) is 215 cm³/mol. The van der Waals surface area contributed by atoms with E-state index in [1.807, 2.05) is 35.2 Å². The Labute approximate surface area is 330 Å². The third kappa shape index (κ3) is 6.51. The number of piperazine rings is 1. The van der Waals surface area contributed by atoms with Crippen LogP contribution in [0.5, 0.6) is 0 Å². The lowest BCUT2D eigenvalue weighted by Crippen LogP contribution is -2.54. The number of carbonyl (C=O) groups excluding carboxylic acids is 6. The molecule has 3 aromatic carbocycles. The third-order valence-electron chi connectivity index (χ3n) is 12.0. The molecule has 4 heterocycles. The largest absolute Gasteiger partial charge is 0.368 e. The first-order valence-corrected chi connectivity index (χ1v) is 20.8. The molecule has 4 aromatic rings. The molecule has 8 rings (SSSR count). The van der Waals surface area contributed by atoms with E-state index < -0.39 is 29.7 Å². The number of fused-ring (bicyclic) bond motifs is 5. The number of carbonyl (C=O) groups is 6. The van der Waals surface area contributed by atoms with Crippen LogP contribution in [0.1, 0.15) is 119 Å². The molecular formula is C44H47N5O6S. The van der Waals surface area contributed by atoms with E-state index in [1.165, 1.54) is 11.8 Å².